The molecule has 0 fully saturated rings. The number of aliphatic imine (C=N–C) groups is 2. The monoisotopic (exact) mass is 456 g/mol. The molecule has 0 spiro atoms. The predicted molar refractivity (Wildman–Crippen MR) is 133 cm³/mol. The Labute approximate surface area is 196 Å². The molecule has 2 heterocycles. The van der Waals surface area contributed by atoms with E-state index in [4.69, 9.17) is 11.6 Å². The molecule has 8 heteroatoms. The smallest absolute Gasteiger partial charge is 0.256 e. The van der Waals surface area contributed by atoms with E-state index in [0.717, 1.165) is 5.39 Å². The fourth-order valence-electron chi connectivity index (χ4n) is 3.38. The first-order valence-corrected chi connectivity index (χ1v) is 10.5. The lowest BCUT2D eigenvalue weighted by molar-refractivity contribution is 0.0977. The van der Waals surface area contributed by atoms with Crippen molar-refractivity contribution in [2.24, 2.45) is 17.0 Å². The molecule has 0 aliphatic carbocycles. The summed E-state index contributed by atoms with van der Waals surface area (Å²) in [4.78, 5) is 25.9. The standard InChI is InChI=1S/C25H21ClN6O/c1-16(30-25(33)17-8-5-4-6-9-17)29-24(21-11-13-32(3)31-21)23(27-2)19-14-18-10-7-12-28-22(18)20(26)15-19/h4-15H,2H2,1,3H3,(H,29,30,33)/b24-23-. The molecule has 33 heavy (non-hydrogen) atoms. The molecular formula is C25H21ClN6O. The lowest BCUT2D eigenvalue weighted by Gasteiger charge is -2.11. The summed E-state index contributed by atoms with van der Waals surface area (Å²) >= 11 is 6.50. The van der Waals surface area contributed by atoms with Gasteiger partial charge in [-0.1, -0.05) is 35.9 Å². The third-order valence-corrected chi connectivity index (χ3v) is 5.17. The van der Waals surface area contributed by atoms with Gasteiger partial charge in [-0.3, -0.25) is 19.5 Å². The molecule has 0 aliphatic heterocycles. The second-order valence-corrected chi connectivity index (χ2v) is 7.69. The highest BCUT2D eigenvalue weighted by molar-refractivity contribution is 6.35. The SMILES string of the molecule is C=N/C(=C(\N=C(C)NC(=O)c1ccccc1)c1ccn(C)n1)c1cc(Cl)c2ncccc2c1. The van der Waals surface area contributed by atoms with E-state index in [9.17, 15) is 4.79 Å². The van der Waals surface area contributed by atoms with E-state index in [1.54, 1.807) is 54.3 Å². The first kappa shape index (κ1) is 22.1. The van der Waals surface area contributed by atoms with Gasteiger partial charge in [0.2, 0.25) is 0 Å². The fraction of sp³-hybridized carbons (Fsp3) is 0.0800. The first-order chi connectivity index (χ1) is 16.0. The van der Waals surface area contributed by atoms with Crippen LogP contribution in [-0.4, -0.2) is 33.2 Å². The molecule has 1 amide bonds. The molecule has 4 aromatic rings. The Kier molecular flexibility index (Phi) is 6.42. The molecule has 0 saturated carbocycles. The average Bonchev–Trinajstić information content (AvgIpc) is 3.25. The van der Waals surface area contributed by atoms with Crippen LogP contribution >= 0.6 is 11.6 Å². The van der Waals surface area contributed by atoms with Crippen molar-refractivity contribution in [1.82, 2.24) is 20.1 Å². The number of hydrogen-bond donors (Lipinski definition) is 1. The predicted octanol–water partition coefficient (Wildman–Crippen LogP) is 5.00. The largest absolute Gasteiger partial charge is 0.310 e. The summed E-state index contributed by atoms with van der Waals surface area (Å²) in [6.45, 7) is 5.47. The lowest BCUT2D eigenvalue weighted by Crippen LogP contribution is -2.28. The summed E-state index contributed by atoms with van der Waals surface area (Å²) in [6.07, 6.45) is 3.50. The molecule has 2 aromatic heterocycles. The van der Waals surface area contributed by atoms with Crippen LogP contribution in [0.3, 0.4) is 0 Å². The van der Waals surface area contributed by atoms with E-state index in [-0.39, 0.29) is 5.91 Å². The number of carbonyl (C=O) groups is 1. The Morgan fingerprint density at radius 2 is 1.85 bits per heavy atom. The van der Waals surface area contributed by atoms with Gasteiger partial charge in [0.05, 0.1) is 16.2 Å². The van der Waals surface area contributed by atoms with Crippen molar-refractivity contribution in [3.05, 3.63) is 94.9 Å². The number of nitrogens with one attached hydrogen (secondary N) is 1. The molecule has 1 N–H and O–H groups in total. The van der Waals surface area contributed by atoms with Crippen molar-refractivity contribution in [3.8, 4) is 0 Å². The van der Waals surface area contributed by atoms with Gasteiger partial charge in [-0.15, -0.1) is 0 Å². The van der Waals surface area contributed by atoms with Crippen LogP contribution in [0.25, 0.3) is 22.3 Å². The van der Waals surface area contributed by atoms with Gasteiger partial charge in [-0.25, -0.2) is 4.99 Å². The van der Waals surface area contributed by atoms with E-state index >= 15 is 0 Å². The van der Waals surface area contributed by atoms with E-state index in [1.165, 1.54) is 0 Å². The summed E-state index contributed by atoms with van der Waals surface area (Å²) in [5.74, 6) is 0.129. The van der Waals surface area contributed by atoms with Crippen molar-refractivity contribution in [1.29, 1.82) is 0 Å². The van der Waals surface area contributed by atoms with E-state index in [2.05, 4.69) is 32.1 Å². The highest BCUT2D eigenvalue weighted by atomic mass is 35.5. The fourth-order valence-corrected chi connectivity index (χ4v) is 3.66. The van der Waals surface area contributed by atoms with Gasteiger partial charge < -0.3 is 5.32 Å². The zero-order valence-electron chi connectivity index (χ0n) is 18.2. The normalized spacial score (nSPS) is 12.4. The molecule has 0 bridgehead atoms. The van der Waals surface area contributed by atoms with Crippen LogP contribution in [0, 0.1) is 0 Å². The molecule has 0 atom stereocenters. The second-order valence-electron chi connectivity index (χ2n) is 7.28. The summed E-state index contributed by atoms with van der Waals surface area (Å²) in [5.41, 5.74) is 3.45. The number of hydrogen-bond acceptors (Lipinski definition) is 5. The van der Waals surface area contributed by atoms with Crippen molar-refractivity contribution in [3.63, 3.8) is 0 Å². The summed E-state index contributed by atoms with van der Waals surface area (Å²) in [6, 6.07) is 18.2. The third kappa shape index (κ3) is 4.88. The van der Waals surface area contributed by atoms with Crippen molar-refractivity contribution in [2.45, 2.75) is 6.92 Å². The van der Waals surface area contributed by atoms with Gasteiger partial charge in [0.25, 0.3) is 5.91 Å². The molecule has 0 unspecified atom stereocenters. The number of halogens is 1. The second kappa shape index (κ2) is 9.58. The molecule has 164 valence electrons. The Morgan fingerprint density at radius 3 is 2.55 bits per heavy atom. The zero-order chi connectivity index (χ0) is 23.4. The number of aromatic nitrogens is 3. The van der Waals surface area contributed by atoms with Gasteiger partial charge in [0.15, 0.2) is 0 Å². The number of amides is 1. The van der Waals surface area contributed by atoms with Crippen LogP contribution < -0.4 is 5.32 Å². The topological polar surface area (TPSA) is 84.5 Å². The van der Waals surface area contributed by atoms with Crippen LogP contribution in [0.5, 0.6) is 0 Å². The van der Waals surface area contributed by atoms with Crippen LogP contribution in [0.15, 0.2) is 83.0 Å². The summed E-state index contributed by atoms with van der Waals surface area (Å²) in [5, 5.41) is 8.65. The maximum atomic E-state index is 12.6. The van der Waals surface area contributed by atoms with Gasteiger partial charge in [-0.2, -0.15) is 5.10 Å². The Morgan fingerprint density at radius 1 is 1.06 bits per heavy atom. The molecule has 0 radical (unpaired) electrons. The number of carbonyl (C=O) groups excluding carboxylic acids is 1. The average molecular weight is 457 g/mol. The van der Waals surface area contributed by atoms with Crippen LogP contribution in [0.2, 0.25) is 5.02 Å². The van der Waals surface area contributed by atoms with Crippen LogP contribution in [0.1, 0.15) is 28.5 Å². The van der Waals surface area contributed by atoms with E-state index in [1.807, 2.05) is 37.4 Å². The van der Waals surface area contributed by atoms with Crippen LogP contribution in [-0.2, 0) is 7.05 Å². The third-order valence-electron chi connectivity index (χ3n) is 4.88. The minimum atomic E-state index is -0.259. The van der Waals surface area contributed by atoms with Gasteiger partial charge in [-0.05, 0) is 50.0 Å². The summed E-state index contributed by atoms with van der Waals surface area (Å²) in [7, 11) is 1.81. The molecule has 0 aliphatic rings. The first-order valence-electron chi connectivity index (χ1n) is 10.1. The number of pyridine rings is 1. The molecule has 2 aromatic carbocycles. The minimum Gasteiger partial charge on any atom is -0.310 e. The quantitative estimate of drug-likeness (QED) is 0.339. The number of nitrogens with zero attached hydrogens (tertiary/aromatic N) is 5. The highest BCUT2D eigenvalue weighted by Gasteiger charge is 2.16. The number of rotatable bonds is 5. The zero-order valence-corrected chi connectivity index (χ0v) is 18.9. The minimum absolute atomic E-state index is 0.259. The summed E-state index contributed by atoms with van der Waals surface area (Å²) < 4.78 is 1.67. The highest BCUT2D eigenvalue weighted by Crippen LogP contribution is 2.32. The lowest BCUT2D eigenvalue weighted by atomic mass is 10.1. The maximum Gasteiger partial charge on any atom is 0.256 e. The number of amidine groups is 1. The number of fused-ring (bicyclic) bond motifs is 1. The molecular weight excluding hydrogens is 436 g/mol. The Hall–Kier alpha value is -4.10. The van der Waals surface area contributed by atoms with Gasteiger partial charge in [0, 0.05) is 36.0 Å². The maximum absolute atomic E-state index is 12.6. The van der Waals surface area contributed by atoms with Gasteiger partial charge in [0.1, 0.15) is 17.2 Å². The molecule has 7 nitrogen and oxygen atoms in total. The van der Waals surface area contributed by atoms with Crippen molar-refractivity contribution >= 4 is 52.4 Å². The number of aryl methyl sites for hydroxylation is 1. The van der Waals surface area contributed by atoms with E-state index < -0.39 is 0 Å². The number of benzene rings is 2. The van der Waals surface area contributed by atoms with Crippen LogP contribution in [0.4, 0.5) is 0 Å². The van der Waals surface area contributed by atoms with E-state index in [0.29, 0.717) is 44.6 Å². The Bertz CT molecular complexity index is 1400. The van der Waals surface area contributed by atoms with Crippen molar-refractivity contribution < 1.29 is 4.79 Å². The molecule has 4 rings (SSSR count). The Balaban J connectivity index is 1.83. The van der Waals surface area contributed by atoms with Crippen molar-refractivity contribution in [2.75, 3.05) is 0 Å². The molecule has 0 saturated heterocycles. The van der Waals surface area contributed by atoms with Gasteiger partial charge >= 0.3 is 0 Å².